The van der Waals surface area contributed by atoms with E-state index in [9.17, 15) is 9.59 Å². The van der Waals surface area contributed by atoms with E-state index in [1.54, 1.807) is 21.1 Å². The highest BCUT2D eigenvalue weighted by atomic mass is 16.5. The monoisotopic (exact) mass is 328 g/mol. The maximum atomic E-state index is 12.1. The van der Waals surface area contributed by atoms with Gasteiger partial charge in [0, 0.05) is 25.4 Å². The van der Waals surface area contributed by atoms with E-state index in [0.717, 1.165) is 11.1 Å². The number of methoxy groups -OCH3 is 1. The zero-order chi connectivity index (χ0) is 17.3. The second-order valence-electron chi connectivity index (χ2n) is 5.33. The molecule has 2 aromatic heterocycles. The van der Waals surface area contributed by atoms with Crippen molar-refractivity contribution in [3.8, 4) is 22.8 Å². The van der Waals surface area contributed by atoms with Crippen LogP contribution >= 0.6 is 0 Å². The second-order valence-corrected chi connectivity index (χ2v) is 5.33. The molecule has 0 amide bonds. The number of nitrogens with one attached hydrogen (secondary N) is 1. The fourth-order valence-corrected chi connectivity index (χ4v) is 2.34. The summed E-state index contributed by atoms with van der Waals surface area (Å²) in [4.78, 5) is 30.2. The van der Waals surface area contributed by atoms with Gasteiger partial charge in [0.25, 0.3) is 11.4 Å². The molecular formula is C16H16N4O4. The smallest absolute Gasteiger partial charge is 0.328 e. The van der Waals surface area contributed by atoms with Crippen molar-refractivity contribution in [2.75, 3.05) is 7.11 Å². The van der Waals surface area contributed by atoms with Gasteiger partial charge in [-0.25, -0.2) is 4.79 Å². The Morgan fingerprint density at radius 3 is 2.62 bits per heavy atom. The van der Waals surface area contributed by atoms with Crippen molar-refractivity contribution in [3.63, 3.8) is 0 Å². The topological polar surface area (TPSA) is 103 Å². The Morgan fingerprint density at radius 1 is 1.25 bits per heavy atom. The average Bonchev–Trinajstić information content (AvgIpc) is 3.03. The molecule has 0 atom stereocenters. The number of ether oxygens (including phenoxy) is 1. The molecule has 8 nitrogen and oxygen atoms in total. The van der Waals surface area contributed by atoms with Crippen molar-refractivity contribution in [3.05, 3.63) is 56.4 Å². The van der Waals surface area contributed by atoms with E-state index in [1.165, 1.54) is 4.57 Å². The SMILES string of the molecule is COCc1ccc(-c2nc(-c3c(C)n(C)c(=O)[nH]c3=O)no2)cc1. The summed E-state index contributed by atoms with van der Waals surface area (Å²) < 4.78 is 11.6. The lowest BCUT2D eigenvalue weighted by atomic mass is 10.1. The summed E-state index contributed by atoms with van der Waals surface area (Å²) in [5, 5.41) is 3.87. The van der Waals surface area contributed by atoms with Crippen molar-refractivity contribution >= 4 is 0 Å². The lowest BCUT2D eigenvalue weighted by molar-refractivity contribution is 0.185. The molecule has 0 fully saturated rings. The molecule has 3 rings (SSSR count). The van der Waals surface area contributed by atoms with Crippen molar-refractivity contribution in [1.29, 1.82) is 0 Å². The Kier molecular flexibility index (Phi) is 4.13. The predicted molar refractivity (Wildman–Crippen MR) is 86.5 cm³/mol. The highest BCUT2D eigenvalue weighted by Crippen LogP contribution is 2.22. The van der Waals surface area contributed by atoms with Crippen LogP contribution in [-0.4, -0.2) is 26.8 Å². The minimum Gasteiger partial charge on any atom is -0.380 e. The number of nitrogens with zero attached hydrogens (tertiary/aromatic N) is 3. The molecule has 3 aromatic rings. The zero-order valence-corrected chi connectivity index (χ0v) is 13.5. The highest BCUT2D eigenvalue weighted by Gasteiger charge is 2.18. The van der Waals surface area contributed by atoms with Crippen molar-refractivity contribution in [1.82, 2.24) is 19.7 Å². The quantitative estimate of drug-likeness (QED) is 0.773. The summed E-state index contributed by atoms with van der Waals surface area (Å²) in [6, 6.07) is 7.47. The fourth-order valence-electron chi connectivity index (χ4n) is 2.34. The van der Waals surface area contributed by atoms with Crippen LogP contribution in [0.3, 0.4) is 0 Å². The first-order valence-electron chi connectivity index (χ1n) is 7.23. The molecule has 1 aromatic carbocycles. The van der Waals surface area contributed by atoms with Crippen molar-refractivity contribution < 1.29 is 9.26 Å². The number of hydrogen-bond donors (Lipinski definition) is 1. The molecule has 0 aliphatic heterocycles. The Labute approximate surface area is 136 Å². The van der Waals surface area contributed by atoms with E-state index >= 15 is 0 Å². The van der Waals surface area contributed by atoms with E-state index in [-0.39, 0.29) is 11.4 Å². The summed E-state index contributed by atoms with van der Waals surface area (Å²) in [5.74, 6) is 0.432. The minimum absolute atomic E-state index is 0.139. The molecule has 0 bridgehead atoms. The maximum absolute atomic E-state index is 12.1. The van der Waals surface area contributed by atoms with E-state index in [1.807, 2.05) is 24.3 Å². The molecule has 0 spiro atoms. The number of benzene rings is 1. The first-order valence-corrected chi connectivity index (χ1v) is 7.23. The van der Waals surface area contributed by atoms with Crippen molar-refractivity contribution in [2.45, 2.75) is 13.5 Å². The van der Waals surface area contributed by atoms with Crippen LogP contribution < -0.4 is 11.2 Å². The number of aromatic amines is 1. The van der Waals surface area contributed by atoms with Crippen LogP contribution in [0.4, 0.5) is 0 Å². The zero-order valence-electron chi connectivity index (χ0n) is 13.5. The van der Waals surface area contributed by atoms with E-state index in [4.69, 9.17) is 9.26 Å². The number of H-pyrrole nitrogens is 1. The van der Waals surface area contributed by atoms with Gasteiger partial charge in [0.2, 0.25) is 5.82 Å². The average molecular weight is 328 g/mol. The molecule has 0 aliphatic rings. The lowest BCUT2D eigenvalue weighted by Gasteiger charge is -2.04. The van der Waals surface area contributed by atoms with Crippen LogP contribution in [0, 0.1) is 6.92 Å². The van der Waals surface area contributed by atoms with E-state index in [2.05, 4.69) is 15.1 Å². The Balaban J connectivity index is 2.01. The molecule has 0 aliphatic carbocycles. The maximum Gasteiger partial charge on any atom is 0.328 e. The van der Waals surface area contributed by atoms with Crippen LogP contribution in [-0.2, 0) is 18.4 Å². The third-order valence-corrected chi connectivity index (χ3v) is 3.78. The number of hydrogen-bond acceptors (Lipinski definition) is 6. The molecule has 8 heteroatoms. The van der Waals surface area contributed by atoms with E-state index < -0.39 is 11.2 Å². The molecular weight excluding hydrogens is 312 g/mol. The van der Waals surface area contributed by atoms with Gasteiger partial charge >= 0.3 is 5.69 Å². The Morgan fingerprint density at radius 2 is 1.96 bits per heavy atom. The predicted octanol–water partition coefficient (Wildman–Crippen LogP) is 1.25. The molecule has 1 N–H and O–H groups in total. The fraction of sp³-hybridized carbons (Fsp3) is 0.250. The van der Waals surface area contributed by atoms with Gasteiger partial charge in [-0.2, -0.15) is 4.98 Å². The van der Waals surface area contributed by atoms with Gasteiger partial charge in [0.15, 0.2) is 0 Å². The third kappa shape index (κ3) is 2.79. The van der Waals surface area contributed by atoms with Gasteiger partial charge in [-0.15, -0.1) is 0 Å². The van der Waals surface area contributed by atoms with Gasteiger partial charge in [0.05, 0.1) is 6.61 Å². The third-order valence-electron chi connectivity index (χ3n) is 3.78. The molecule has 2 heterocycles. The molecule has 124 valence electrons. The summed E-state index contributed by atoms with van der Waals surface area (Å²) in [5.41, 5.74) is 1.39. The van der Waals surface area contributed by atoms with Gasteiger partial charge in [0.1, 0.15) is 5.56 Å². The van der Waals surface area contributed by atoms with Crippen LogP contribution in [0.15, 0.2) is 38.4 Å². The van der Waals surface area contributed by atoms with Gasteiger partial charge in [-0.05, 0) is 24.6 Å². The van der Waals surface area contributed by atoms with Crippen molar-refractivity contribution in [2.24, 2.45) is 7.05 Å². The van der Waals surface area contributed by atoms with Gasteiger partial charge in [-0.3, -0.25) is 9.78 Å². The van der Waals surface area contributed by atoms with Gasteiger partial charge < -0.3 is 13.8 Å². The lowest BCUT2D eigenvalue weighted by Crippen LogP contribution is -2.31. The summed E-state index contributed by atoms with van der Waals surface area (Å²) in [6.45, 7) is 2.17. The minimum atomic E-state index is -0.543. The molecule has 0 radical (unpaired) electrons. The van der Waals surface area contributed by atoms with Crippen LogP contribution in [0.5, 0.6) is 0 Å². The first kappa shape index (κ1) is 15.9. The largest absolute Gasteiger partial charge is 0.380 e. The highest BCUT2D eigenvalue weighted by molar-refractivity contribution is 5.60. The number of rotatable bonds is 4. The molecule has 0 saturated heterocycles. The van der Waals surface area contributed by atoms with Gasteiger partial charge in [-0.1, -0.05) is 17.3 Å². The number of aromatic nitrogens is 4. The molecule has 0 unspecified atom stereocenters. The normalized spacial score (nSPS) is 11.0. The van der Waals surface area contributed by atoms with Crippen LogP contribution in [0.1, 0.15) is 11.3 Å². The Bertz CT molecular complexity index is 983. The van der Waals surface area contributed by atoms with E-state index in [0.29, 0.717) is 18.2 Å². The second kappa shape index (κ2) is 6.25. The van der Waals surface area contributed by atoms with Crippen LogP contribution in [0.25, 0.3) is 22.8 Å². The first-order chi connectivity index (χ1) is 11.5. The Hall–Kier alpha value is -3.00. The summed E-state index contributed by atoms with van der Waals surface area (Å²) in [6.07, 6.45) is 0. The summed E-state index contributed by atoms with van der Waals surface area (Å²) >= 11 is 0. The van der Waals surface area contributed by atoms with Crippen LogP contribution in [0.2, 0.25) is 0 Å². The molecule has 24 heavy (non-hydrogen) atoms. The standard InChI is InChI=1S/C16H16N4O4/c1-9-12(14(21)18-16(22)20(9)2)13-17-15(24-19-13)11-6-4-10(5-7-11)8-23-3/h4-7H,8H2,1-3H3,(H,18,21,22). The summed E-state index contributed by atoms with van der Waals surface area (Å²) in [7, 11) is 3.19. The molecule has 0 saturated carbocycles.